The third-order valence-corrected chi connectivity index (χ3v) is 3.54. The van der Waals surface area contributed by atoms with E-state index in [2.05, 4.69) is 0 Å². The lowest BCUT2D eigenvalue weighted by Crippen LogP contribution is -2.09. The Morgan fingerprint density at radius 2 is 1.47 bits per heavy atom. The molecule has 0 unspecified atom stereocenters. The molecule has 0 atom stereocenters. The van der Waals surface area contributed by atoms with Gasteiger partial charge in [-0.3, -0.25) is 0 Å². The van der Waals surface area contributed by atoms with Crippen molar-refractivity contribution in [1.82, 2.24) is 0 Å². The number of halogens is 3. The Kier molecular flexibility index (Phi) is 2.19. The van der Waals surface area contributed by atoms with Gasteiger partial charge in [0.05, 0.1) is 5.56 Å². The number of hydrogen-bond donors (Lipinski definition) is 1. The molecule has 1 nitrogen and oxygen atoms in total. The highest BCUT2D eigenvalue weighted by Crippen LogP contribution is 2.51. The van der Waals surface area contributed by atoms with Crippen molar-refractivity contribution in [2.45, 2.75) is 43.7 Å². The summed E-state index contributed by atoms with van der Waals surface area (Å²) in [5, 5.41) is 9.80. The van der Waals surface area contributed by atoms with Crippen LogP contribution in [0.4, 0.5) is 13.2 Å². The Bertz CT molecular complexity index is 456. The fraction of sp³-hybridized carbons (Fsp3) is 0.538. The predicted molar refractivity (Wildman–Crippen MR) is 57.1 cm³/mol. The summed E-state index contributed by atoms with van der Waals surface area (Å²) in [5.74, 6) is 0.164. The average molecular weight is 242 g/mol. The predicted octanol–water partition coefficient (Wildman–Crippen LogP) is 4.17. The highest BCUT2D eigenvalue weighted by molar-refractivity contribution is 5.48. The second-order valence-electron chi connectivity index (χ2n) is 5.04. The quantitative estimate of drug-likeness (QED) is 0.825. The zero-order chi connectivity index (χ0) is 12.2. The van der Waals surface area contributed by atoms with Crippen molar-refractivity contribution in [3.05, 3.63) is 28.8 Å². The summed E-state index contributed by atoms with van der Waals surface area (Å²) in [7, 11) is 0. The lowest BCUT2D eigenvalue weighted by atomic mass is 9.97. The first-order valence-electron chi connectivity index (χ1n) is 5.91. The van der Waals surface area contributed by atoms with E-state index < -0.39 is 11.7 Å². The summed E-state index contributed by atoms with van der Waals surface area (Å²) in [6.45, 7) is 0. The third-order valence-electron chi connectivity index (χ3n) is 3.54. The van der Waals surface area contributed by atoms with E-state index >= 15 is 0 Å². The SMILES string of the molecule is Oc1cc(C2CC2)c(C(F)(F)F)cc1C1CC1. The third kappa shape index (κ3) is 2.01. The molecule has 0 amide bonds. The zero-order valence-corrected chi connectivity index (χ0v) is 9.22. The van der Waals surface area contributed by atoms with Gasteiger partial charge in [-0.25, -0.2) is 0 Å². The normalized spacial score (nSPS) is 20.6. The molecule has 2 aliphatic carbocycles. The number of rotatable bonds is 2. The van der Waals surface area contributed by atoms with E-state index in [4.69, 9.17) is 0 Å². The van der Waals surface area contributed by atoms with Crippen LogP contribution in [0, 0.1) is 0 Å². The molecule has 0 radical (unpaired) electrons. The summed E-state index contributed by atoms with van der Waals surface area (Å²) >= 11 is 0. The molecule has 0 spiro atoms. The van der Waals surface area contributed by atoms with Crippen molar-refractivity contribution in [3.8, 4) is 5.75 Å². The molecule has 1 aromatic carbocycles. The molecule has 92 valence electrons. The molecule has 0 bridgehead atoms. The van der Waals surface area contributed by atoms with Crippen LogP contribution in [0.2, 0.25) is 0 Å². The first-order valence-corrected chi connectivity index (χ1v) is 5.91. The van der Waals surface area contributed by atoms with Crippen molar-refractivity contribution >= 4 is 0 Å². The van der Waals surface area contributed by atoms with Crippen molar-refractivity contribution in [1.29, 1.82) is 0 Å². The Morgan fingerprint density at radius 3 is 1.94 bits per heavy atom. The van der Waals surface area contributed by atoms with E-state index in [0.29, 0.717) is 5.56 Å². The minimum absolute atomic E-state index is 0.00854. The van der Waals surface area contributed by atoms with Crippen LogP contribution in [0.15, 0.2) is 12.1 Å². The van der Waals surface area contributed by atoms with Crippen LogP contribution in [0.1, 0.15) is 54.2 Å². The van der Waals surface area contributed by atoms with Crippen LogP contribution in [0.5, 0.6) is 5.75 Å². The van der Waals surface area contributed by atoms with Crippen LogP contribution in [-0.4, -0.2) is 5.11 Å². The Balaban J connectivity index is 2.11. The van der Waals surface area contributed by atoms with Gasteiger partial charge >= 0.3 is 6.18 Å². The number of hydrogen-bond acceptors (Lipinski definition) is 1. The molecular weight excluding hydrogens is 229 g/mol. The van der Waals surface area contributed by atoms with Gasteiger partial charge in [-0.05, 0) is 60.8 Å². The monoisotopic (exact) mass is 242 g/mol. The van der Waals surface area contributed by atoms with Gasteiger partial charge < -0.3 is 5.11 Å². The van der Waals surface area contributed by atoms with Crippen LogP contribution in [0.25, 0.3) is 0 Å². The second-order valence-corrected chi connectivity index (χ2v) is 5.04. The van der Waals surface area contributed by atoms with Crippen LogP contribution in [0.3, 0.4) is 0 Å². The highest BCUT2D eigenvalue weighted by Gasteiger charge is 2.40. The van der Waals surface area contributed by atoms with Crippen molar-refractivity contribution in [2.75, 3.05) is 0 Å². The van der Waals surface area contributed by atoms with Crippen molar-refractivity contribution in [3.63, 3.8) is 0 Å². The minimum atomic E-state index is -4.31. The zero-order valence-electron chi connectivity index (χ0n) is 9.22. The minimum Gasteiger partial charge on any atom is -0.508 e. The summed E-state index contributed by atoms with van der Waals surface area (Å²) in [6.07, 6.45) is -0.951. The molecule has 4 heteroatoms. The molecule has 1 aromatic rings. The summed E-state index contributed by atoms with van der Waals surface area (Å²) in [4.78, 5) is 0. The fourth-order valence-electron chi connectivity index (χ4n) is 2.32. The molecule has 2 fully saturated rings. The molecule has 0 aromatic heterocycles. The van der Waals surface area contributed by atoms with E-state index in [1.54, 1.807) is 0 Å². The molecule has 17 heavy (non-hydrogen) atoms. The molecule has 2 saturated carbocycles. The summed E-state index contributed by atoms with van der Waals surface area (Å²) < 4.78 is 38.9. The van der Waals surface area contributed by atoms with Crippen molar-refractivity contribution in [2.24, 2.45) is 0 Å². The Morgan fingerprint density at radius 1 is 0.941 bits per heavy atom. The van der Waals surface area contributed by atoms with Gasteiger partial charge in [0, 0.05) is 0 Å². The molecule has 0 saturated heterocycles. The Hall–Kier alpha value is -1.19. The number of aromatic hydroxyl groups is 1. The maximum absolute atomic E-state index is 13.0. The first-order chi connectivity index (χ1) is 7.97. The van der Waals surface area contributed by atoms with Crippen molar-refractivity contribution < 1.29 is 18.3 Å². The second kappa shape index (κ2) is 3.40. The van der Waals surface area contributed by atoms with E-state index in [1.165, 1.54) is 12.1 Å². The maximum atomic E-state index is 13.0. The van der Waals surface area contributed by atoms with Gasteiger partial charge in [0.1, 0.15) is 5.75 Å². The van der Waals surface area contributed by atoms with E-state index in [1.807, 2.05) is 0 Å². The van der Waals surface area contributed by atoms with Crippen LogP contribution in [-0.2, 0) is 6.18 Å². The number of phenolic OH excluding ortho intramolecular Hbond substituents is 1. The smallest absolute Gasteiger partial charge is 0.416 e. The lowest BCUT2D eigenvalue weighted by molar-refractivity contribution is -0.138. The lowest BCUT2D eigenvalue weighted by Gasteiger charge is -2.15. The standard InChI is InChI=1S/C13H13F3O/c14-13(15,16)11-5-10(8-3-4-8)12(17)6-9(11)7-1-2-7/h5-8,17H,1-4H2. The van der Waals surface area contributed by atoms with E-state index in [0.717, 1.165) is 25.7 Å². The average Bonchev–Trinajstić information content (AvgIpc) is 3.10. The number of phenols is 1. The largest absolute Gasteiger partial charge is 0.508 e. The molecule has 2 aliphatic rings. The number of alkyl halides is 3. The van der Waals surface area contributed by atoms with Gasteiger partial charge in [-0.1, -0.05) is 0 Å². The molecule has 1 N–H and O–H groups in total. The van der Waals surface area contributed by atoms with Gasteiger partial charge in [0.15, 0.2) is 0 Å². The fourth-order valence-corrected chi connectivity index (χ4v) is 2.32. The van der Waals surface area contributed by atoms with Crippen LogP contribution < -0.4 is 0 Å². The molecule has 0 aliphatic heterocycles. The number of benzene rings is 1. The van der Waals surface area contributed by atoms with Gasteiger partial charge in [0.25, 0.3) is 0 Å². The highest BCUT2D eigenvalue weighted by atomic mass is 19.4. The first kappa shape index (κ1) is 10.9. The molecule has 0 heterocycles. The van der Waals surface area contributed by atoms with Gasteiger partial charge in [-0.2, -0.15) is 13.2 Å². The van der Waals surface area contributed by atoms with Gasteiger partial charge in [0.2, 0.25) is 0 Å². The van der Waals surface area contributed by atoms with E-state index in [-0.39, 0.29) is 23.1 Å². The van der Waals surface area contributed by atoms with Crippen LogP contribution >= 0.6 is 0 Å². The Labute approximate surface area is 97.3 Å². The maximum Gasteiger partial charge on any atom is 0.416 e. The summed E-state index contributed by atoms with van der Waals surface area (Å²) in [6, 6.07) is 2.51. The van der Waals surface area contributed by atoms with E-state index in [9.17, 15) is 18.3 Å². The molecule has 3 rings (SSSR count). The topological polar surface area (TPSA) is 20.2 Å². The summed E-state index contributed by atoms with van der Waals surface area (Å²) in [5.41, 5.74) is 0.209. The van der Waals surface area contributed by atoms with Gasteiger partial charge in [-0.15, -0.1) is 0 Å². The molecular formula is C13H13F3O.